The van der Waals surface area contributed by atoms with Crippen LogP contribution in [0.3, 0.4) is 0 Å². The number of benzene rings is 1. The van der Waals surface area contributed by atoms with Crippen molar-refractivity contribution < 1.29 is 9.90 Å². The van der Waals surface area contributed by atoms with Gasteiger partial charge in [0.15, 0.2) is 0 Å². The van der Waals surface area contributed by atoms with Crippen LogP contribution in [0.4, 0.5) is 0 Å². The fraction of sp³-hybridized carbons (Fsp3) is 0.417. The molecule has 0 heterocycles. The predicted molar refractivity (Wildman–Crippen MR) is 64.5 cm³/mol. The first-order valence-corrected chi connectivity index (χ1v) is 5.75. The summed E-state index contributed by atoms with van der Waals surface area (Å²) < 4.78 is 0. The van der Waals surface area contributed by atoms with E-state index in [4.69, 9.17) is 11.6 Å². The summed E-state index contributed by atoms with van der Waals surface area (Å²) in [6.07, 6.45) is 1.14. The highest BCUT2D eigenvalue weighted by Crippen LogP contribution is 2.17. The van der Waals surface area contributed by atoms with E-state index in [1.807, 2.05) is 6.07 Å². The van der Waals surface area contributed by atoms with E-state index in [2.05, 4.69) is 0 Å². The van der Waals surface area contributed by atoms with Gasteiger partial charge in [-0.15, -0.1) is 11.6 Å². The standard InChI is InChI=1S/C12H16ClNO2/c1-14(12(16)7-4-8-13)9-10-5-2-3-6-11(10)15/h2-3,5-6,15H,4,7-9H2,1H3. The first-order chi connectivity index (χ1) is 7.65. The fourth-order valence-electron chi connectivity index (χ4n) is 1.40. The summed E-state index contributed by atoms with van der Waals surface area (Å²) in [5.74, 6) is 0.763. The van der Waals surface area contributed by atoms with Gasteiger partial charge in [-0.3, -0.25) is 4.79 Å². The molecule has 0 saturated carbocycles. The highest BCUT2D eigenvalue weighted by atomic mass is 35.5. The molecule has 0 atom stereocenters. The molecule has 0 saturated heterocycles. The van der Waals surface area contributed by atoms with E-state index in [0.717, 1.165) is 5.56 Å². The quantitative estimate of drug-likeness (QED) is 0.804. The van der Waals surface area contributed by atoms with E-state index < -0.39 is 0 Å². The van der Waals surface area contributed by atoms with Gasteiger partial charge in [-0.2, -0.15) is 0 Å². The molecular weight excluding hydrogens is 226 g/mol. The Morgan fingerprint density at radius 2 is 2.12 bits per heavy atom. The Balaban J connectivity index is 2.54. The summed E-state index contributed by atoms with van der Waals surface area (Å²) in [5, 5.41) is 9.56. The molecule has 0 fully saturated rings. The number of aromatic hydroxyl groups is 1. The van der Waals surface area contributed by atoms with Crippen molar-refractivity contribution in [3.8, 4) is 5.75 Å². The van der Waals surface area contributed by atoms with Crippen molar-refractivity contribution in [1.82, 2.24) is 4.90 Å². The Bertz CT molecular complexity index is 355. The Morgan fingerprint density at radius 1 is 1.44 bits per heavy atom. The van der Waals surface area contributed by atoms with Gasteiger partial charge in [0.2, 0.25) is 5.91 Å². The minimum absolute atomic E-state index is 0.0453. The molecule has 1 aromatic rings. The van der Waals surface area contributed by atoms with Crippen molar-refractivity contribution in [3.05, 3.63) is 29.8 Å². The fourth-order valence-corrected chi connectivity index (χ4v) is 1.53. The van der Waals surface area contributed by atoms with E-state index >= 15 is 0 Å². The molecule has 0 aliphatic carbocycles. The smallest absolute Gasteiger partial charge is 0.222 e. The molecular formula is C12H16ClNO2. The lowest BCUT2D eigenvalue weighted by molar-refractivity contribution is -0.130. The Hall–Kier alpha value is -1.22. The monoisotopic (exact) mass is 241 g/mol. The molecule has 1 aromatic carbocycles. The third-order valence-corrected chi connectivity index (χ3v) is 2.62. The van der Waals surface area contributed by atoms with Gasteiger partial charge in [0, 0.05) is 31.5 Å². The van der Waals surface area contributed by atoms with Crippen LogP contribution in [0.1, 0.15) is 18.4 Å². The molecule has 0 bridgehead atoms. The summed E-state index contributed by atoms with van der Waals surface area (Å²) >= 11 is 5.52. The van der Waals surface area contributed by atoms with Crippen molar-refractivity contribution in [3.63, 3.8) is 0 Å². The number of alkyl halides is 1. The Morgan fingerprint density at radius 3 is 2.75 bits per heavy atom. The third kappa shape index (κ3) is 3.74. The zero-order valence-corrected chi connectivity index (χ0v) is 10.1. The van der Waals surface area contributed by atoms with Crippen LogP contribution < -0.4 is 0 Å². The van der Waals surface area contributed by atoms with E-state index in [9.17, 15) is 9.90 Å². The largest absolute Gasteiger partial charge is 0.508 e. The van der Waals surface area contributed by atoms with Crippen LogP contribution >= 0.6 is 11.6 Å². The maximum Gasteiger partial charge on any atom is 0.222 e. The second-order valence-electron chi connectivity index (χ2n) is 3.67. The first kappa shape index (κ1) is 12.8. The number of phenols is 1. The molecule has 16 heavy (non-hydrogen) atoms. The van der Waals surface area contributed by atoms with Gasteiger partial charge in [-0.1, -0.05) is 18.2 Å². The lowest BCUT2D eigenvalue weighted by atomic mass is 10.2. The van der Waals surface area contributed by atoms with Crippen molar-refractivity contribution in [2.75, 3.05) is 12.9 Å². The van der Waals surface area contributed by atoms with E-state index in [0.29, 0.717) is 25.3 Å². The van der Waals surface area contributed by atoms with Gasteiger partial charge in [-0.25, -0.2) is 0 Å². The van der Waals surface area contributed by atoms with E-state index in [-0.39, 0.29) is 11.7 Å². The molecule has 1 N–H and O–H groups in total. The third-order valence-electron chi connectivity index (χ3n) is 2.35. The van der Waals surface area contributed by atoms with Crippen molar-refractivity contribution in [2.45, 2.75) is 19.4 Å². The number of para-hydroxylation sites is 1. The van der Waals surface area contributed by atoms with Gasteiger partial charge < -0.3 is 10.0 Å². The number of phenolic OH excluding ortho intramolecular Hbond substituents is 1. The second-order valence-corrected chi connectivity index (χ2v) is 4.05. The van der Waals surface area contributed by atoms with Crippen LogP contribution in [-0.4, -0.2) is 28.8 Å². The minimum atomic E-state index is 0.0453. The molecule has 0 unspecified atom stereocenters. The summed E-state index contributed by atoms with van der Waals surface area (Å²) in [6, 6.07) is 7.02. The summed E-state index contributed by atoms with van der Waals surface area (Å²) in [7, 11) is 1.73. The van der Waals surface area contributed by atoms with Crippen LogP contribution in [0, 0.1) is 0 Å². The molecule has 0 aliphatic rings. The summed E-state index contributed by atoms with van der Waals surface area (Å²) in [6.45, 7) is 0.424. The summed E-state index contributed by atoms with van der Waals surface area (Å²) in [5.41, 5.74) is 0.754. The molecule has 1 rings (SSSR count). The molecule has 88 valence electrons. The highest BCUT2D eigenvalue weighted by Gasteiger charge is 2.10. The van der Waals surface area contributed by atoms with Gasteiger partial charge in [0.05, 0.1) is 0 Å². The number of nitrogens with zero attached hydrogens (tertiary/aromatic N) is 1. The number of carbonyl (C=O) groups is 1. The lowest BCUT2D eigenvalue weighted by Crippen LogP contribution is -2.25. The predicted octanol–water partition coefficient (Wildman–Crippen LogP) is 2.37. The Labute approximate surface area is 101 Å². The van der Waals surface area contributed by atoms with Crippen molar-refractivity contribution in [1.29, 1.82) is 0 Å². The van der Waals surface area contributed by atoms with Gasteiger partial charge in [0.1, 0.15) is 5.75 Å². The maximum atomic E-state index is 11.6. The normalized spacial score (nSPS) is 10.1. The zero-order valence-electron chi connectivity index (χ0n) is 9.32. The van der Waals surface area contributed by atoms with Crippen molar-refractivity contribution >= 4 is 17.5 Å². The average molecular weight is 242 g/mol. The molecule has 0 radical (unpaired) electrons. The molecule has 4 heteroatoms. The van der Waals surface area contributed by atoms with Crippen LogP contribution in [0.2, 0.25) is 0 Å². The molecule has 0 aliphatic heterocycles. The number of halogens is 1. The maximum absolute atomic E-state index is 11.6. The molecule has 0 aromatic heterocycles. The van der Waals surface area contributed by atoms with E-state index in [1.165, 1.54) is 0 Å². The van der Waals surface area contributed by atoms with Gasteiger partial charge >= 0.3 is 0 Å². The second kappa shape index (κ2) is 6.38. The highest BCUT2D eigenvalue weighted by molar-refractivity contribution is 6.17. The molecule has 0 spiro atoms. The number of hydrogen-bond donors (Lipinski definition) is 1. The number of rotatable bonds is 5. The molecule has 1 amide bonds. The average Bonchev–Trinajstić information content (AvgIpc) is 2.28. The van der Waals surface area contributed by atoms with Gasteiger partial charge in [0.25, 0.3) is 0 Å². The summed E-state index contributed by atoms with van der Waals surface area (Å²) in [4.78, 5) is 13.2. The van der Waals surface area contributed by atoms with Crippen molar-refractivity contribution in [2.24, 2.45) is 0 Å². The van der Waals surface area contributed by atoms with Crippen LogP contribution in [0.15, 0.2) is 24.3 Å². The SMILES string of the molecule is CN(Cc1ccccc1O)C(=O)CCCCl. The van der Waals surface area contributed by atoms with Crippen LogP contribution in [0.5, 0.6) is 5.75 Å². The number of amides is 1. The minimum Gasteiger partial charge on any atom is -0.508 e. The number of carbonyl (C=O) groups excluding carboxylic acids is 1. The van der Waals surface area contributed by atoms with Crippen LogP contribution in [0.25, 0.3) is 0 Å². The van der Waals surface area contributed by atoms with Gasteiger partial charge in [-0.05, 0) is 12.5 Å². The Kier molecular flexibility index (Phi) is 5.12. The first-order valence-electron chi connectivity index (χ1n) is 5.22. The lowest BCUT2D eigenvalue weighted by Gasteiger charge is -2.17. The molecule has 3 nitrogen and oxygen atoms in total. The topological polar surface area (TPSA) is 40.5 Å². The number of hydrogen-bond acceptors (Lipinski definition) is 2. The van der Waals surface area contributed by atoms with E-state index in [1.54, 1.807) is 30.1 Å². The van der Waals surface area contributed by atoms with Crippen LogP contribution in [-0.2, 0) is 11.3 Å². The zero-order chi connectivity index (χ0) is 12.0.